The van der Waals surface area contributed by atoms with E-state index >= 15 is 0 Å². The van der Waals surface area contributed by atoms with E-state index < -0.39 is 5.97 Å². The van der Waals surface area contributed by atoms with Gasteiger partial charge in [-0.2, -0.15) is 0 Å². The van der Waals surface area contributed by atoms with Crippen LogP contribution < -0.4 is 29.6 Å². The summed E-state index contributed by atoms with van der Waals surface area (Å²) in [5, 5.41) is 9.26. The van der Waals surface area contributed by atoms with Crippen LogP contribution in [0.15, 0.2) is 24.3 Å². The molecule has 6 rings (SSSR count). The first-order chi connectivity index (χ1) is 19.7. The number of hydrogen-bond acceptors (Lipinski definition) is 6. The van der Waals surface area contributed by atoms with Gasteiger partial charge in [-0.1, -0.05) is 12.1 Å². The largest absolute Gasteiger partial charge is 1.00 e. The van der Waals surface area contributed by atoms with Gasteiger partial charge in [-0.25, -0.2) is 19.6 Å². The minimum absolute atomic E-state index is 0. The van der Waals surface area contributed by atoms with Gasteiger partial charge >= 0.3 is 41.5 Å². The van der Waals surface area contributed by atoms with Crippen molar-refractivity contribution in [2.75, 3.05) is 7.11 Å². The van der Waals surface area contributed by atoms with Gasteiger partial charge in [0.2, 0.25) is 0 Å². The second-order valence-electron chi connectivity index (χ2n) is 11.2. The maximum Gasteiger partial charge on any atom is 1.00 e. The van der Waals surface area contributed by atoms with E-state index in [1.54, 1.807) is 6.07 Å². The third-order valence-corrected chi connectivity index (χ3v) is 8.20. The van der Waals surface area contributed by atoms with Gasteiger partial charge in [-0.3, -0.25) is 0 Å². The monoisotopic (exact) mass is 594 g/mol. The van der Waals surface area contributed by atoms with E-state index in [0.29, 0.717) is 11.1 Å². The predicted octanol–water partition coefficient (Wildman–Crippen LogP) is 3.46. The van der Waals surface area contributed by atoms with Crippen molar-refractivity contribution in [3.05, 3.63) is 80.4 Å². The summed E-state index contributed by atoms with van der Waals surface area (Å²) in [6.07, 6.45) is 8.97. The summed E-state index contributed by atoms with van der Waals surface area (Å²) >= 11 is 0. The second-order valence-corrected chi connectivity index (χ2v) is 11.2. The molecule has 10 heteroatoms. The van der Waals surface area contributed by atoms with Gasteiger partial charge < -0.3 is 25.3 Å². The molecule has 0 saturated heterocycles. The van der Waals surface area contributed by atoms with E-state index in [1.807, 2.05) is 45.9 Å². The fraction of sp³-hybridized carbons (Fsp3) is 0.394. The van der Waals surface area contributed by atoms with Gasteiger partial charge in [0.05, 0.1) is 29.6 Å². The molecule has 4 aromatic rings. The Morgan fingerprint density at radius 1 is 0.698 bits per heavy atom. The summed E-state index contributed by atoms with van der Waals surface area (Å²) in [6, 6.07) is 7.56. The number of ether oxygens (including phenoxy) is 1. The van der Waals surface area contributed by atoms with Gasteiger partial charge in [0, 0.05) is 22.5 Å². The Kier molecular flexibility index (Phi) is 11.5. The first-order valence-corrected chi connectivity index (χ1v) is 14.4. The fourth-order valence-corrected chi connectivity index (χ4v) is 5.94. The number of hydrogen-bond donors (Lipinski definition) is 3. The van der Waals surface area contributed by atoms with Crippen LogP contribution in [0.2, 0.25) is 0 Å². The second kappa shape index (κ2) is 14.5. The molecule has 0 atom stereocenters. The number of methoxy groups -OCH3 is 1. The zero-order valence-electron chi connectivity index (χ0n) is 26.0. The molecular formula is C33H39N4NaO5. The Morgan fingerprint density at radius 2 is 1.12 bits per heavy atom. The molecule has 2 aliphatic carbocycles. The maximum atomic E-state index is 11.9. The summed E-state index contributed by atoms with van der Waals surface area (Å²) in [4.78, 5) is 39.3. The van der Waals surface area contributed by atoms with Crippen LogP contribution in [0.3, 0.4) is 0 Å². The molecule has 0 saturated carbocycles. The van der Waals surface area contributed by atoms with Crippen LogP contribution in [0, 0.1) is 27.7 Å². The molecule has 0 spiro atoms. The molecule has 2 aromatic heterocycles. The van der Waals surface area contributed by atoms with Gasteiger partial charge in [-0.15, -0.1) is 0 Å². The summed E-state index contributed by atoms with van der Waals surface area (Å²) in [5.41, 5.74) is 11.5. The first-order valence-electron chi connectivity index (χ1n) is 14.4. The molecule has 43 heavy (non-hydrogen) atoms. The van der Waals surface area contributed by atoms with Gasteiger partial charge in [0.1, 0.15) is 11.6 Å². The van der Waals surface area contributed by atoms with E-state index in [-0.39, 0.29) is 41.0 Å². The molecule has 4 N–H and O–H groups in total. The molecule has 9 nitrogen and oxygen atoms in total. The summed E-state index contributed by atoms with van der Waals surface area (Å²) < 4.78 is 4.86. The molecule has 0 unspecified atom stereocenters. The van der Waals surface area contributed by atoms with Gasteiger partial charge in [-0.05, 0) is 113 Å². The number of imidazole rings is 2. The van der Waals surface area contributed by atoms with Gasteiger partial charge in [0.15, 0.2) is 0 Å². The van der Waals surface area contributed by atoms with E-state index in [4.69, 9.17) is 9.72 Å². The number of carbonyl (C=O) groups excluding carboxylic acids is 1. The van der Waals surface area contributed by atoms with E-state index in [9.17, 15) is 14.7 Å². The number of carbonyl (C=O) groups is 2. The van der Waals surface area contributed by atoms with Crippen molar-refractivity contribution in [2.24, 2.45) is 0 Å². The normalized spacial score (nSPS) is 13.3. The number of carboxylic acid groups (broad SMARTS) is 1. The molecule has 0 radical (unpaired) electrons. The molecule has 2 heterocycles. The van der Waals surface area contributed by atoms with E-state index in [2.05, 4.69) is 15.0 Å². The fourth-order valence-electron chi connectivity index (χ4n) is 5.94. The van der Waals surface area contributed by atoms with Crippen LogP contribution in [0.25, 0.3) is 22.8 Å². The number of carboxylic acids is 1. The summed E-state index contributed by atoms with van der Waals surface area (Å²) in [7, 11) is 1.41. The van der Waals surface area contributed by atoms with Gasteiger partial charge in [0.25, 0.3) is 0 Å². The standard InChI is InChI=1S/C17H20N2O2.C16H18N2O2.Na.H2O/c1-10-8-11(2)13(17(20)21-3)9-12(10)16-18-14-6-4-5-7-15(14)19-16;1-9-7-10(2)12(16(19)20)8-11(9)15-17-13-5-3-4-6-14(13)18-15;;/h8-9H,4-7H2,1-3H3,(H,18,19);7-8H,3-6H2,1-2H3,(H,17,18)(H,19,20);;1H2/q;;+1;/p-1. The Morgan fingerprint density at radius 3 is 1.53 bits per heavy atom. The van der Waals surface area contributed by atoms with Crippen molar-refractivity contribution in [2.45, 2.75) is 79.1 Å². The van der Waals surface area contributed by atoms with Crippen LogP contribution in [0.5, 0.6) is 0 Å². The molecule has 2 aliphatic rings. The molecule has 2 aromatic carbocycles. The zero-order chi connectivity index (χ0) is 29.3. The average molecular weight is 595 g/mol. The molecule has 222 valence electrons. The van der Waals surface area contributed by atoms with Crippen LogP contribution in [-0.4, -0.2) is 49.6 Å². The predicted molar refractivity (Wildman–Crippen MR) is 161 cm³/mol. The summed E-state index contributed by atoms with van der Waals surface area (Å²) in [5.74, 6) is 0.478. The van der Waals surface area contributed by atoms with Crippen LogP contribution in [-0.2, 0) is 30.4 Å². The Labute approximate surface area is 274 Å². The minimum atomic E-state index is -0.889. The number of aryl methyl sites for hydroxylation is 8. The minimum Gasteiger partial charge on any atom is -0.870 e. The molecular weight excluding hydrogens is 555 g/mol. The number of nitrogens with zero attached hydrogens (tertiary/aromatic N) is 2. The van der Waals surface area contributed by atoms with Crippen molar-refractivity contribution in [1.29, 1.82) is 0 Å². The molecule has 0 fully saturated rings. The number of benzene rings is 2. The Hall–Kier alpha value is -3.24. The van der Waals surface area contributed by atoms with Crippen LogP contribution in [0.1, 0.15) is 91.4 Å². The van der Waals surface area contributed by atoms with Crippen molar-refractivity contribution in [3.63, 3.8) is 0 Å². The van der Waals surface area contributed by atoms with E-state index in [1.165, 1.54) is 49.9 Å². The molecule has 0 aliphatic heterocycles. The maximum absolute atomic E-state index is 11.9. The number of esters is 1. The van der Waals surface area contributed by atoms with Crippen molar-refractivity contribution in [3.8, 4) is 22.8 Å². The number of fused-ring (bicyclic) bond motifs is 2. The quantitative estimate of drug-likeness (QED) is 0.242. The first kappa shape index (κ1) is 34.3. The Balaban J connectivity index is 0.000000225. The topological polar surface area (TPSA) is 151 Å². The van der Waals surface area contributed by atoms with Crippen molar-refractivity contribution >= 4 is 11.9 Å². The van der Waals surface area contributed by atoms with Crippen LogP contribution in [0.4, 0.5) is 0 Å². The zero-order valence-corrected chi connectivity index (χ0v) is 28.0. The number of rotatable bonds is 4. The van der Waals surface area contributed by atoms with Crippen molar-refractivity contribution in [1.82, 2.24) is 19.9 Å². The third kappa shape index (κ3) is 7.29. The third-order valence-electron chi connectivity index (χ3n) is 8.20. The number of aromatic carboxylic acids is 1. The van der Waals surface area contributed by atoms with Crippen LogP contribution >= 0.6 is 0 Å². The number of aromatic nitrogens is 4. The average Bonchev–Trinajstić information content (AvgIpc) is 3.57. The number of aromatic amines is 2. The number of H-pyrrole nitrogens is 2. The SMILES string of the molecule is COC(=O)c1cc(-c2nc3c([nH]2)CCCC3)c(C)cc1C.Cc1cc(C)c(-c2nc3c([nH]2)CCCC3)cc1C(=O)O.[Na+].[OH-]. The molecule has 0 bridgehead atoms. The molecule has 0 amide bonds. The van der Waals surface area contributed by atoms with E-state index in [0.717, 1.165) is 76.4 Å². The summed E-state index contributed by atoms with van der Waals surface area (Å²) in [6.45, 7) is 7.80. The Bertz CT molecular complexity index is 1590. The van der Waals surface area contributed by atoms with Crippen molar-refractivity contribution < 1.29 is 54.5 Å². The smallest absolute Gasteiger partial charge is 0.870 e. The number of nitrogens with one attached hydrogen (secondary N) is 2.